The molecule has 0 fully saturated rings. The number of carboxylic acids is 1. The molecule has 2 heterocycles. The van der Waals surface area contributed by atoms with E-state index in [0.29, 0.717) is 0 Å². The van der Waals surface area contributed by atoms with Crippen LogP contribution in [0.3, 0.4) is 0 Å². The summed E-state index contributed by atoms with van der Waals surface area (Å²) in [6, 6.07) is 7.59. The predicted octanol–water partition coefficient (Wildman–Crippen LogP) is 1.45. The molecule has 0 atom stereocenters. The van der Waals surface area contributed by atoms with E-state index in [1.165, 1.54) is 11.3 Å². The van der Waals surface area contributed by atoms with E-state index in [-0.39, 0.29) is 6.42 Å². The van der Waals surface area contributed by atoms with E-state index in [9.17, 15) is 4.79 Å². The number of nitrogens with zero attached hydrogens (tertiary/aromatic N) is 2. The normalized spacial score (nSPS) is 14.1. The fourth-order valence-electron chi connectivity index (χ4n) is 2.66. The van der Waals surface area contributed by atoms with Crippen molar-refractivity contribution < 1.29 is 9.90 Å². The topological polar surface area (TPSA) is 67.2 Å². The SMILES string of the molecule is Cc1nn(-c2ccc(CC(=O)O)cc2)c2c1CNCC2. The number of nitrogens with one attached hydrogen (secondary N) is 1. The molecule has 2 aromatic rings. The number of rotatable bonds is 3. The number of fused-ring (bicyclic) bond motifs is 1. The second kappa shape index (κ2) is 5.09. The summed E-state index contributed by atoms with van der Waals surface area (Å²) in [5, 5.41) is 16.8. The highest BCUT2D eigenvalue weighted by atomic mass is 16.4. The van der Waals surface area contributed by atoms with Crippen molar-refractivity contribution in [1.82, 2.24) is 15.1 Å². The van der Waals surface area contributed by atoms with Crippen LogP contribution in [0.15, 0.2) is 24.3 Å². The quantitative estimate of drug-likeness (QED) is 0.886. The Bertz CT molecular complexity index is 644. The molecule has 1 aromatic carbocycles. The Balaban J connectivity index is 1.95. The van der Waals surface area contributed by atoms with Gasteiger partial charge in [-0.3, -0.25) is 4.79 Å². The van der Waals surface area contributed by atoms with Crippen molar-refractivity contribution in [2.75, 3.05) is 6.54 Å². The lowest BCUT2D eigenvalue weighted by atomic mass is 10.1. The van der Waals surface area contributed by atoms with Gasteiger partial charge in [0.1, 0.15) is 0 Å². The third kappa shape index (κ3) is 2.32. The highest BCUT2D eigenvalue weighted by Gasteiger charge is 2.18. The fourth-order valence-corrected chi connectivity index (χ4v) is 2.66. The van der Waals surface area contributed by atoms with Gasteiger partial charge >= 0.3 is 5.97 Å². The smallest absolute Gasteiger partial charge is 0.307 e. The van der Waals surface area contributed by atoms with Crippen molar-refractivity contribution in [3.05, 3.63) is 46.8 Å². The van der Waals surface area contributed by atoms with Gasteiger partial charge < -0.3 is 10.4 Å². The molecule has 0 radical (unpaired) electrons. The molecule has 0 bridgehead atoms. The molecule has 0 saturated carbocycles. The van der Waals surface area contributed by atoms with Crippen LogP contribution >= 0.6 is 0 Å². The van der Waals surface area contributed by atoms with Gasteiger partial charge in [0.2, 0.25) is 0 Å². The predicted molar refractivity (Wildman–Crippen MR) is 75.1 cm³/mol. The third-order valence-electron chi connectivity index (χ3n) is 3.67. The Labute approximate surface area is 117 Å². The van der Waals surface area contributed by atoms with Crippen LogP contribution in [0.1, 0.15) is 22.5 Å². The van der Waals surface area contributed by atoms with Gasteiger partial charge in [-0.2, -0.15) is 5.10 Å². The Kier molecular flexibility index (Phi) is 3.28. The van der Waals surface area contributed by atoms with Crippen molar-refractivity contribution in [2.24, 2.45) is 0 Å². The molecular weight excluding hydrogens is 254 g/mol. The summed E-state index contributed by atoms with van der Waals surface area (Å²) >= 11 is 0. The average molecular weight is 271 g/mol. The fraction of sp³-hybridized carbons (Fsp3) is 0.333. The molecule has 0 spiro atoms. The average Bonchev–Trinajstić information content (AvgIpc) is 2.77. The molecule has 104 valence electrons. The molecule has 1 aromatic heterocycles. The number of hydrogen-bond donors (Lipinski definition) is 2. The van der Waals surface area contributed by atoms with Gasteiger partial charge in [-0.15, -0.1) is 0 Å². The molecule has 0 amide bonds. The van der Waals surface area contributed by atoms with E-state index in [1.54, 1.807) is 0 Å². The van der Waals surface area contributed by atoms with Crippen LogP contribution in [0.5, 0.6) is 0 Å². The van der Waals surface area contributed by atoms with E-state index in [0.717, 1.165) is 36.5 Å². The first-order chi connectivity index (χ1) is 9.65. The number of aromatic nitrogens is 2. The number of benzene rings is 1. The molecule has 0 saturated heterocycles. The van der Waals surface area contributed by atoms with E-state index < -0.39 is 5.97 Å². The minimum Gasteiger partial charge on any atom is -0.481 e. The van der Waals surface area contributed by atoms with Crippen molar-refractivity contribution in [1.29, 1.82) is 0 Å². The zero-order valence-electron chi connectivity index (χ0n) is 11.4. The molecule has 20 heavy (non-hydrogen) atoms. The summed E-state index contributed by atoms with van der Waals surface area (Å²) in [6.07, 6.45) is 1.02. The molecule has 0 unspecified atom stereocenters. The van der Waals surface area contributed by atoms with Gasteiger partial charge in [-0.25, -0.2) is 4.68 Å². The van der Waals surface area contributed by atoms with Crippen LogP contribution in [-0.4, -0.2) is 27.4 Å². The summed E-state index contributed by atoms with van der Waals surface area (Å²) in [7, 11) is 0. The second-order valence-corrected chi connectivity index (χ2v) is 5.09. The van der Waals surface area contributed by atoms with Crippen LogP contribution in [0.25, 0.3) is 5.69 Å². The standard InChI is InChI=1S/C15H17N3O2/c1-10-13-9-16-7-6-14(13)18(17-10)12-4-2-11(3-5-12)8-15(19)20/h2-5,16H,6-9H2,1H3,(H,19,20). The monoisotopic (exact) mass is 271 g/mol. The third-order valence-corrected chi connectivity index (χ3v) is 3.67. The Morgan fingerprint density at radius 1 is 1.40 bits per heavy atom. The molecule has 1 aliphatic rings. The maximum atomic E-state index is 10.7. The maximum Gasteiger partial charge on any atom is 0.307 e. The number of aliphatic carboxylic acids is 1. The molecule has 5 nitrogen and oxygen atoms in total. The first-order valence-corrected chi connectivity index (χ1v) is 6.74. The summed E-state index contributed by atoms with van der Waals surface area (Å²) in [5.41, 5.74) is 5.39. The molecule has 5 heteroatoms. The van der Waals surface area contributed by atoms with Gasteiger partial charge in [0.15, 0.2) is 0 Å². The van der Waals surface area contributed by atoms with Crippen molar-refractivity contribution >= 4 is 5.97 Å². The Morgan fingerprint density at radius 3 is 2.85 bits per heavy atom. The lowest BCUT2D eigenvalue weighted by Crippen LogP contribution is -2.24. The van der Waals surface area contributed by atoms with Crippen LogP contribution in [0.2, 0.25) is 0 Å². The highest BCUT2D eigenvalue weighted by molar-refractivity contribution is 5.70. The van der Waals surface area contributed by atoms with Crippen LogP contribution in [0, 0.1) is 6.92 Å². The Morgan fingerprint density at radius 2 is 2.15 bits per heavy atom. The number of hydrogen-bond acceptors (Lipinski definition) is 3. The van der Waals surface area contributed by atoms with E-state index in [1.807, 2.05) is 35.9 Å². The van der Waals surface area contributed by atoms with Gasteiger partial charge in [0.05, 0.1) is 23.5 Å². The van der Waals surface area contributed by atoms with Gasteiger partial charge in [-0.05, 0) is 24.6 Å². The van der Waals surface area contributed by atoms with Crippen molar-refractivity contribution in [2.45, 2.75) is 26.3 Å². The lowest BCUT2D eigenvalue weighted by Gasteiger charge is -2.15. The van der Waals surface area contributed by atoms with E-state index >= 15 is 0 Å². The first-order valence-electron chi connectivity index (χ1n) is 6.74. The lowest BCUT2D eigenvalue weighted by molar-refractivity contribution is -0.136. The zero-order valence-corrected chi connectivity index (χ0v) is 11.4. The molecule has 1 aliphatic heterocycles. The van der Waals surface area contributed by atoms with Crippen LogP contribution in [-0.2, 0) is 24.2 Å². The van der Waals surface area contributed by atoms with Crippen LogP contribution in [0.4, 0.5) is 0 Å². The maximum absolute atomic E-state index is 10.7. The highest BCUT2D eigenvalue weighted by Crippen LogP contribution is 2.21. The van der Waals surface area contributed by atoms with Crippen molar-refractivity contribution in [3.8, 4) is 5.69 Å². The van der Waals surface area contributed by atoms with E-state index in [2.05, 4.69) is 10.4 Å². The minimum atomic E-state index is -0.809. The van der Waals surface area contributed by atoms with Crippen LogP contribution < -0.4 is 5.32 Å². The molecular formula is C15H17N3O2. The number of carbonyl (C=O) groups is 1. The first kappa shape index (κ1) is 12.9. The molecule has 3 rings (SSSR count). The zero-order chi connectivity index (χ0) is 14.1. The summed E-state index contributed by atoms with van der Waals surface area (Å²) < 4.78 is 1.98. The van der Waals surface area contributed by atoms with Crippen molar-refractivity contribution in [3.63, 3.8) is 0 Å². The summed E-state index contributed by atoms with van der Waals surface area (Å²) in [4.78, 5) is 10.7. The summed E-state index contributed by atoms with van der Waals surface area (Å²) in [5.74, 6) is -0.809. The molecule has 0 aliphatic carbocycles. The van der Waals surface area contributed by atoms with E-state index in [4.69, 9.17) is 5.11 Å². The van der Waals surface area contributed by atoms with Gasteiger partial charge in [0.25, 0.3) is 0 Å². The number of carboxylic acid groups (broad SMARTS) is 1. The Hall–Kier alpha value is -2.14. The number of aryl methyl sites for hydroxylation is 1. The van der Waals surface area contributed by atoms with Gasteiger partial charge in [-0.1, -0.05) is 12.1 Å². The second-order valence-electron chi connectivity index (χ2n) is 5.09. The minimum absolute atomic E-state index is 0.0560. The van der Waals surface area contributed by atoms with Gasteiger partial charge in [0, 0.05) is 25.1 Å². The molecule has 2 N–H and O–H groups in total. The summed E-state index contributed by atoms with van der Waals surface area (Å²) in [6.45, 7) is 3.87. The largest absolute Gasteiger partial charge is 0.481 e.